The predicted molar refractivity (Wildman–Crippen MR) is 64.4 cm³/mol. The Balaban J connectivity index is 2.88. The van der Waals surface area contributed by atoms with E-state index >= 15 is 0 Å². The van der Waals surface area contributed by atoms with E-state index < -0.39 is 17.6 Å². The van der Waals surface area contributed by atoms with Crippen LogP contribution in [0.2, 0.25) is 0 Å². The molecule has 1 aliphatic rings. The first-order valence-electron chi connectivity index (χ1n) is 5.85. The molecule has 0 saturated carbocycles. The van der Waals surface area contributed by atoms with E-state index in [0.717, 1.165) is 12.8 Å². The van der Waals surface area contributed by atoms with Gasteiger partial charge in [-0.1, -0.05) is 6.08 Å². The number of nitrogens with zero attached hydrogens (tertiary/aromatic N) is 1. The zero-order valence-electron chi connectivity index (χ0n) is 10.2. The Bertz CT molecular complexity index is 330. The molecule has 0 spiro atoms. The van der Waals surface area contributed by atoms with Crippen molar-refractivity contribution in [3.63, 3.8) is 0 Å². The van der Waals surface area contributed by atoms with Crippen LogP contribution in [0.15, 0.2) is 12.7 Å². The maximum absolute atomic E-state index is 12.1. The molecule has 0 bridgehead atoms. The van der Waals surface area contributed by atoms with Crippen LogP contribution in [0.1, 0.15) is 32.6 Å². The molecule has 1 rings (SSSR count). The SMILES string of the molecule is C=CCC(N)C(=O)N1CCCCC1(C)C(=O)O. The van der Waals surface area contributed by atoms with Crippen molar-refractivity contribution in [2.45, 2.75) is 44.2 Å². The van der Waals surface area contributed by atoms with Gasteiger partial charge in [-0.05, 0) is 32.6 Å². The number of piperidine rings is 1. The average Bonchev–Trinajstić information content (AvgIpc) is 2.29. The van der Waals surface area contributed by atoms with Gasteiger partial charge in [0.2, 0.25) is 5.91 Å². The maximum Gasteiger partial charge on any atom is 0.329 e. The molecule has 0 radical (unpaired) electrons. The fraction of sp³-hybridized carbons (Fsp3) is 0.667. The molecule has 3 N–H and O–H groups in total. The number of amides is 1. The molecular weight excluding hydrogens is 220 g/mol. The van der Waals surface area contributed by atoms with Gasteiger partial charge in [0.15, 0.2) is 0 Å². The summed E-state index contributed by atoms with van der Waals surface area (Å²) in [5.41, 5.74) is 4.61. The highest BCUT2D eigenvalue weighted by atomic mass is 16.4. The third kappa shape index (κ3) is 2.66. The Morgan fingerprint density at radius 1 is 1.59 bits per heavy atom. The van der Waals surface area contributed by atoms with E-state index in [1.807, 2.05) is 0 Å². The van der Waals surface area contributed by atoms with E-state index in [9.17, 15) is 14.7 Å². The third-order valence-corrected chi connectivity index (χ3v) is 3.36. The summed E-state index contributed by atoms with van der Waals surface area (Å²) in [5, 5.41) is 9.27. The molecule has 5 nitrogen and oxygen atoms in total. The number of nitrogens with two attached hydrogens (primary N) is 1. The second-order valence-electron chi connectivity index (χ2n) is 4.66. The minimum atomic E-state index is -1.12. The van der Waals surface area contributed by atoms with E-state index in [4.69, 9.17) is 5.73 Å². The highest BCUT2D eigenvalue weighted by Crippen LogP contribution is 2.28. The number of carboxylic acids is 1. The Kier molecular flexibility index (Phi) is 4.28. The van der Waals surface area contributed by atoms with Gasteiger partial charge in [0.25, 0.3) is 0 Å². The maximum atomic E-state index is 12.1. The number of hydrogen-bond donors (Lipinski definition) is 2. The van der Waals surface area contributed by atoms with Crippen LogP contribution >= 0.6 is 0 Å². The van der Waals surface area contributed by atoms with Gasteiger partial charge < -0.3 is 15.7 Å². The lowest BCUT2D eigenvalue weighted by atomic mass is 9.87. The molecule has 0 aliphatic carbocycles. The topological polar surface area (TPSA) is 83.6 Å². The Morgan fingerprint density at radius 2 is 2.24 bits per heavy atom. The first kappa shape index (κ1) is 13.7. The molecule has 1 fully saturated rings. The molecule has 1 aliphatic heterocycles. The second-order valence-corrected chi connectivity index (χ2v) is 4.66. The first-order chi connectivity index (χ1) is 7.93. The first-order valence-corrected chi connectivity index (χ1v) is 5.85. The van der Waals surface area contributed by atoms with Crippen molar-refractivity contribution in [1.82, 2.24) is 4.90 Å². The van der Waals surface area contributed by atoms with E-state index in [2.05, 4.69) is 6.58 Å². The van der Waals surface area contributed by atoms with Gasteiger partial charge in [0.05, 0.1) is 6.04 Å². The number of likely N-dealkylation sites (tertiary alicyclic amines) is 1. The predicted octanol–water partition coefficient (Wildman–Crippen LogP) is 0.746. The number of hydrogen-bond acceptors (Lipinski definition) is 3. The Hall–Kier alpha value is -1.36. The van der Waals surface area contributed by atoms with Crippen LogP contribution in [0, 0.1) is 0 Å². The van der Waals surface area contributed by atoms with Crippen molar-refractivity contribution in [2.75, 3.05) is 6.54 Å². The van der Waals surface area contributed by atoms with Crippen molar-refractivity contribution in [1.29, 1.82) is 0 Å². The fourth-order valence-corrected chi connectivity index (χ4v) is 2.18. The molecule has 96 valence electrons. The van der Waals surface area contributed by atoms with Crippen molar-refractivity contribution in [2.24, 2.45) is 5.73 Å². The molecule has 0 aromatic carbocycles. The summed E-state index contributed by atoms with van der Waals surface area (Å²) in [4.78, 5) is 24.8. The van der Waals surface area contributed by atoms with Crippen LogP contribution in [-0.2, 0) is 9.59 Å². The van der Waals surface area contributed by atoms with Gasteiger partial charge >= 0.3 is 5.97 Å². The molecule has 0 aromatic heterocycles. The summed E-state index contributed by atoms with van der Waals surface area (Å²) >= 11 is 0. The molecule has 1 saturated heterocycles. The summed E-state index contributed by atoms with van der Waals surface area (Å²) < 4.78 is 0. The Labute approximate surface area is 101 Å². The van der Waals surface area contributed by atoms with Gasteiger partial charge in [-0.15, -0.1) is 6.58 Å². The van der Waals surface area contributed by atoms with E-state index in [0.29, 0.717) is 19.4 Å². The summed E-state index contributed by atoms with van der Waals surface area (Å²) in [5.74, 6) is -1.26. The lowest BCUT2D eigenvalue weighted by Crippen LogP contribution is -2.60. The molecular formula is C12H20N2O3. The van der Waals surface area contributed by atoms with Crippen LogP contribution in [0.25, 0.3) is 0 Å². The van der Waals surface area contributed by atoms with Gasteiger partial charge in [-0.3, -0.25) is 4.79 Å². The summed E-state index contributed by atoms with van der Waals surface area (Å²) in [7, 11) is 0. The lowest BCUT2D eigenvalue weighted by molar-refractivity contribution is -0.161. The lowest BCUT2D eigenvalue weighted by Gasteiger charge is -2.42. The molecule has 17 heavy (non-hydrogen) atoms. The minimum absolute atomic E-state index is 0.297. The standard InChI is InChI=1S/C12H20N2O3/c1-3-6-9(13)10(15)14-8-5-4-7-12(14,2)11(16)17/h3,9H,1,4-8,13H2,2H3,(H,16,17). The summed E-state index contributed by atoms with van der Waals surface area (Å²) in [6, 6.07) is -0.690. The number of carbonyl (C=O) groups is 2. The molecule has 0 aromatic rings. The largest absolute Gasteiger partial charge is 0.480 e. The summed E-state index contributed by atoms with van der Waals surface area (Å²) in [6.07, 6.45) is 4.07. The third-order valence-electron chi connectivity index (χ3n) is 3.36. The average molecular weight is 240 g/mol. The van der Waals surface area contributed by atoms with Crippen molar-refractivity contribution >= 4 is 11.9 Å². The van der Waals surface area contributed by atoms with Gasteiger partial charge in [0.1, 0.15) is 5.54 Å². The van der Waals surface area contributed by atoms with Gasteiger partial charge in [-0.2, -0.15) is 0 Å². The molecule has 2 atom stereocenters. The fourth-order valence-electron chi connectivity index (χ4n) is 2.18. The normalized spacial score (nSPS) is 26.4. The monoisotopic (exact) mass is 240 g/mol. The zero-order chi connectivity index (χ0) is 13.1. The smallest absolute Gasteiger partial charge is 0.329 e. The molecule has 5 heteroatoms. The highest BCUT2D eigenvalue weighted by molar-refractivity contribution is 5.89. The number of carboxylic acid groups (broad SMARTS) is 1. The molecule has 2 unspecified atom stereocenters. The van der Waals surface area contributed by atoms with Crippen LogP contribution in [0.5, 0.6) is 0 Å². The summed E-state index contributed by atoms with van der Waals surface area (Å²) in [6.45, 7) is 5.59. The van der Waals surface area contributed by atoms with E-state index in [1.165, 1.54) is 4.90 Å². The zero-order valence-corrected chi connectivity index (χ0v) is 10.2. The number of aliphatic carboxylic acids is 1. The quantitative estimate of drug-likeness (QED) is 0.710. The van der Waals surface area contributed by atoms with Gasteiger partial charge in [0, 0.05) is 6.54 Å². The number of carbonyl (C=O) groups excluding carboxylic acids is 1. The van der Waals surface area contributed by atoms with Crippen LogP contribution in [0.3, 0.4) is 0 Å². The van der Waals surface area contributed by atoms with Crippen molar-refractivity contribution < 1.29 is 14.7 Å². The van der Waals surface area contributed by atoms with E-state index in [-0.39, 0.29) is 5.91 Å². The highest BCUT2D eigenvalue weighted by Gasteiger charge is 2.44. The van der Waals surface area contributed by atoms with Crippen LogP contribution in [-0.4, -0.2) is 40.0 Å². The number of rotatable bonds is 4. The molecule has 1 amide bonds. The van der Waals surface area contributed by atoms with Gasteiger partial charge in [-0.25, -0.2) is 4.79 Å². The van der Waals surface area contributed by atoms with Crippen LogP contribution in [0.4, 0.5) is 0 Å². The van der Waals surface area contributed by atoms with Crippen LogP contribution < -0.4 is 5.73 Å². The molecule has 1 heterocycles. The van der Waals surface area contributed by atoms with Crippen molar-refractivity contribution in [3.8, 4) is 0 Å². The second kappa shape index (κ2) is 5.31. The minimum Gasteiger partial charge on any atom is -0.480 e. The Morgan fingerprint density at radius 3 is 2.76 bits per heavy atom. The van der Waals surface area contributed by atoms with E-state index in [1.54, 1.807) is 13.0 Å². The van der Waals surface area contributed by atoms with Crippen molar-refractivity contribution in [3.05, 3.63) is 12.7 Å².